The summed E-state index contributed by atoms with van der Waals surface area (Å²) >= 11 is 0. The summed E-state index contributed by atoms with van der Waals surface area (Å²) < 4.78 is 5.21. The lowest BCUT2D eigenvalue weighted by atomic mass is 9.85. The molecule has 0 bridgehead atoms. The number of ether oxygens (including phenoxy) is 1. The third-order valence-corrected chi connectivity index (χ3v) is 4.22. The molecule has 4 heteroatoms. The number of hydrogen-bond donors (Lipinski definition) is 1. The van der Waals surface area contributed by atoms with Crippen LogP contribution in [-0.4, -0.2) is 49.2 Å². The summed E-state index contributed by atoms with van der Waals surface area (Å²) in [5.74, 6) is 0.740. The predicted molar refractivity (Wildman–Crippen MR) is 71.4 cm³/mol. The fourth-order valence-electron chi connectivity index (χ4n) is 3.32. The molecule has 0 amide bonds. The lowest BCUT2D eigenvalue weighted by molar-refractivity contribution is -0.151. The quantitative estimate of drug-likeness (QED) is 0.773. The summed E-state index contributed by atoms with van der Waals surface area (Å²) in [4.78, 5) is 14.4. The van der Waals surface area contributed by atoms with Crippen molar-refractivity contribution < 1.29 is 9.53 Å². The number of hydrogen-bond acceptors (Lipinski definition) is 4. The first-order valence-electron chi connectivity index (χ1n) is 7.35. The first-order chi connectivity index (χ1) is 8.72. The SMILES string of the molecule is CCOC(=O)C1CNCCN1C1CCCC(C)C1. The normalized spacial score (nSPS) is 34.2. The van der Waals surface area contributed by atoms with Crippen LogP contribution in [0.3, 0.4) is 0 Å². The minimum absolute atomic E-state index is 0.0528. The van der Waals surface area contributed by atoms with Crippen molar-refractivity contribution in [3.63, 3.8) is 0 Å². The van der Waals surface area contributed by atoms with E-state index in [4.69, 9.17) is 4.74 Å². The second kappa shape index (κ2) is 6.53. The van der Waals surface area contributed by atoms with Crippen LogP contribution < -0.4 is 5.32 Å². The fraction of sp³-hybridized carbons (Fsp3) is 0.929. The van der Waals surface area contributed by atoms with Gasteiger partial charge in [-0.3, -0.25) is 9.69 Å². The number of nitrogens with one attached hydrogen (secondary N) is 1. The number of rotatable bonds is 3. The van der Waals surface area contributed by atoms with Gasteiger partial charge in [-0.25, -0.2) is 0 Å². The van der Waals surface area contributed by atoms with Crippen LogP contribution in [0.1, 0.15) is 39.5 Å². The smallest absolute Gasteiger partial charge is 0.324 e. The summed E-state index contributed by atoms with van der Waals surface area (Å²) in [6, 6.07) is 0.499. The average Bonchev–Trinajstić information content (AvgIpc) is 2.39. The maximum absolute atomic E-state index is 12.0. The zero-order valence-electron chi connectivity index (χ0n) is 11.7. The minimum Gasteiger partial charge on any atom is -0.465 e. The van der Waals surface area contributed by atoms with Gasteiger partial charge in [0.1, 0.15) is 6.04 Å². The third-order valence-electron chi connectivity index (χ3n) is 4.22. The van der Waals surface area contributed by atoms with E-state index in [1.807, 2.05) is 6.92 Å². The van der Waals surface area contributed by atoms with E-state index in [0.717, 1.165) is 25.6 Å². The molecule has 2 aliphatic rings. The fourth-order valence-corrected chi connectivity index (χ4v) is 3.32. The molecule has 0 radical (unpaired) electrons. The molecule has 18 heavy (non-hydrogen) atoms. The Kier molecular flexibility index (Phi) is 5.01. The van der Waals surface area contributed by atoms with E-state index in [1.54, 1.807) is 0 Å². The van der Waals surface area contributed by atoms with E-state index < -0.39 is 0 Å². The van der Waals surface area contributed by atoms with Crippen LogP contribution in [-0.2, 0) is 9.53 Å². The number of esters is 1. The highest BCUT2D eigenvalue weighted by Gasteiger charge is 2.35. The molecule has 4 nitrogen and oxygen atoms in total. The van der Waals surface area contributed by atoms with Gasteiger partial charge >= 0.3 is 5.97 Å². The van der Waals surface area contributed by atoms with E-state index in [1.165, 1.54) is 25.7 Å². The second-order valence-electron chi connectivity index (χ2n) is 5.64. The molecule has 0 aromatic carbocycles. The van der Waals surface area contributed by atoms with Crippen molar-refractivity contribution in [3.8, 4) is 0 Å². The molecule has 3 atom stereocenters. The van der Waals surface area contributed by atoms with Gasteiger partial charge in [-0.05, 0) is 25.7 Å². The first-order valence-corrected chi connectivity index (χ1v) is 7.35. The minimum atomic E-state index is -0.0750. The van der Waals surface area contributed by atoms with Gasteiger partial charge < -0.3 is 10.1 Å². The molecule has 104 valence electrons. The highest BCUT2D eigenvalue weighted by atomic mass is 16.5. The van der Waals surface area contributed by atoms with Gasteiger partial charge in [0.2, 0.25) is 0 Å². The summed E-state index contributed by atoms with van der Waals surface area (Å²) in [6.07, 6.45) is 5.11. The van der Waals surface area contributed by atoms with Crippen molar-refractivity contribution >= 4 is 5.97 Å². The number of nitrogens with zero attached hydrogens (tertiary/aromatic N) is 1. The molecule has 0 aromatic heterocycles. The zero-order chi connectivity index (χ0) is 13.0. The van der Waals surface area contributed by atoms with E-state index in [-0.39, 0.29) is 12.0 Å². The summed E-state index contributed by atoms with van der Waals surface area (Å²) in [6.45, 7) is 7.38. The Morgan fingerprint density at radius 2 is 2.28 bits per heavy atom. The summed E-state index contributed by atoms with van der Waals surface area (Å²) in [5.41, 5.74) is 0. The van der Waals surface area contributed by atoms with Crippen LogP contribution in [0.4, 0.5) is 0 Å². The number of carbonyl (C=O) groups excluding carboxylic acids is 1. The monoisotopic (exact) mass is 254 g/mol. The third kappa shape index (κ3) is 3.23. The highest BCUT2D eigenvalue weighted by molar-refractivity contribution is 5.76. The molecule has 3 unspecified atom stereocenters. The lowest BCUT2D eigenvalue weighted by Gasteiger charge is -2.42. The number of piperazine rings is 1. The van der Waals surface area contributed by atoms with Crippen LogP contribution in [0.25, 0.3) is 0 Å². The van der Waals surface area contributed by atoms with Crippen LogP contribution in [0.15, 0.2) is 0 Å². The molecule has 1 N–H and O–H groups in total. The molecule has 2 rings (SSSR count). The van der Waals surface area contributed by atoms with Crippen molar-refractivity contribution in [2.24, 2.45) is 5.92 Å². The van der Waals surface area contributed by atoms with Gasteiger partial charge in [-0.2, -0.15) is 0 Å². The van der Waals surface area contributed by atoms with Gasteiger partial charge in [0.25, 0.3) is 0 Å². The molecule has 0 spiro atoms. The van der Waals surface area contributed by atoms with Crippen molar-refractivity contribution in [1.82, 2.24) is 10.2 Å². The molecule has 0 aromatic rings. The van der Waals surface area contributed by atoms with Crippen molar-refractivity contribution in [3.05, 3.63) is 0 Å². The van der Waals surface area contributed by atoms with E-state index in [2.05, 4.69) is 17.1 Å². The van der Waals surface area contributed by atoms with Gasteiger partial charge in [0.05, 0.1) is 6.61 Å². The Morgan fingerprint density at radius 3 is 3.00 bits per heavy atom. The molecule has 1 saturated carbocycles. The van der Waals surface area contributed by atoms with Crippen LogP contribution in [0.2, 0.25) is 0 Å². The molecule has 2 fully saturated rings. The Hall–Kier alpha value is -0.610. The Bertz CT molecular complexity index is 283. The van der Waals surface area contributed by atoms with Gasteiger partial charge in [0, 0.05) is 25.7 Å². The van der Waals surface area contributed by atoms with E-state index >= 15 is 0 Å². The molecule has 1 aliphatic carbocycles. The van der Waals surface area contributed by atoms with E-state index in [9.17, 15) is 4.79 Å². The van der Waals surface area contributed by atoms with Gasteiger partial charge in [-0.15, -0.1) is 0 Å². The van der Waals surface area contributed by atoms with E-state index in [0.29, 0.717) is 12.6 Å². The molecule has 1 heterocycles. The largest absolute Gasteiger partial charge is 0.465 e. The first kappa shape index (κ1) is 13.8. The lowest BCUT2D eigenvalue weighted by Crippen LogP contribution is -2.59. The Labute approximate surface area is 110 Å². The van der Waals surface area contributed by atoms with Gasteiger partial charge in [-0.1, -0.05) is 19.8 Å². The summed E-state index contributed by atoms with van der Waals surface area (Å²) in [5, 5.41) is 3.31. The molecular weight excluding hydrogens is 228 g/mol. The zero-order valence-corrected chi connectivity index (χ0v) is 11.7. The number of carbonyl (C=O) groups is 1. The molecular formula is C14H26N2O2. The summed E-state index contributed by atoms with van der Waals surface area (Å²) in [7, 11) is 0. The highest BCUT2D eigenvalue weighted by Crippen LogP contribution is 2.29. The van der Waals surface area contributed by atoms with Crippen molar-refractivity contribution in [2.75, 3.05) is 26.2 Å². The maximum Gasteiger partial charge on any atom is 0.324 e. The maximum atomic E-state index is 12.0. The Balaban J connectivity index is 2.00. The van der Waals surface area contributed by atoms with Crippen molar-refractivity contribution in [2.45, 2.75) is 51.6 Å². The van der Waals surface area contributed by atoms with Gasteiger partial charge in [0.15, 0.2) is 0 Å². The predicted octanol–water partition coefficient (Wildman–Crippen LogP) is 1.40. The molecule has 1 aliphatic heterocycles. The Morgan fingerprint density at radius 1 is 1.44 bits per heavy atom. The standard InChI is InChI=1S/C14H26N2O2/c1-3-18-14(17)13-10-15-7-8-16(13)12-6-4-5-11(2)9-12/h11-13,15H,3-10H2,1-2H3. The van der Waals surface area contributed by atoms with Crippen molar-refractivity contribution in [1.29, 1.82) is 0 Å². The average molecular weight is 254 g/mol. The topological polar surface area (TPSA) is 41.6 Å². The molecule has 1 saturated heterocycles. The van der Waals surface area contributed by atoms with Crippen LogP contribution in [0.5, 0.6) is 0 Å². The second-order valence-corrected chi connectivity index (χ2v) is 5.64. The van der Waals surface area contributed by atoms with Crippen LogP contribution in [0, 0.1) is 5.92 Å². The van der Waals surface area contributed by atoms with Crippen LogP contribution >= 0.6 is 0 Å².